The lowest BCUT2D eigenvalue weighted by Crippen LogP contribution is -2.37. The Balaban J connectivity index is 3.20. The first-order valence-electron chi connectivity index (χ1n) is 6.67. The van der Waals surface area contributed by atoms with E-state index < -0.39 is 0 Å². The van der Waals surface area contributed by atoms with Gasteiger partial charge in [0.15, 0.2) is 0 Å². The van der Waals surface area contributed by atoms with Crippen LogP contribution in [0.4, 0.5) is 11.4 Å². The van der Waals surface area contributed by atoms with E-state index in [9.17, 15) is 15.2 Å². The summed E-state index contributed by atoms with van der Waals surface area (Å²) in [6.07, 6.45) is 1.89. The van der Waals surface area contributed by atoms with Crippen LogP contribution in [0.3, 0.4) is 0 Å². The summed E-state index contributed by atoms with van der Waals surface area (Å²) in [6.45, 7) is 6.65. The SMILES string of the molecule is CCC(CC)N(CCO)c1cc([N+](=O)[O-])ccc1C. The maximum Gasteiger partial charge on any atom is 0.271 e. The van der Waals surface area contributed by atoms with Gasteiger partial charge in [0.05, 0.1) is 11.5 Å². The lowest BCUT2D eigenvalue weighted by molar-refractivity contribution is -0.384. The van der Waals surface area contributed by atoms with Gasteiger partial charge in [-0.1, -0.05) is 19.9 Å². The highest BCUT2D eigenvalue weighted by atomic mass is 16.6. The molecule has 106 valence electrons. The molecule has 0 aliphatic heterocycles. The van der Waals surface area contributed by atoms with Gasteiger partial charge in [-0.25, -0.2) is 0 Å². The van der Waals surface area contributed by atoms with Gasteiger partial charge in [-0.05, 0) is 25.3 Å². The fraction of sp³-hybridized carbons (Fsp3) is 0.571. The Labute approximate surface area is 114 Å². The Hall–Kier alpha value is -1.62. The van der Waals surface area contributed by atoms with E-state index in [4.69, 9.17) is 0 Å². The number of aliphatic hydroxyl groups is 1. The summed E-state index contributed by atoms with van der Waals surface area (Å²) in [5.41, 5.74) is 1.93. The molecule has 1 aromatic carbocycles. The lowest BCUT2D eigenvalue weighted by Gasteiger charge is -2.33. The minimum absolute atomic E-state index is 0.0403. The van der Waals surface area contributed by atoms with Gasteiger partial charge in [0.2, 0.25) is 0 Å². The molecule has 0 aliphatic carbocycles. The van der Waals surface area contributed by atoms with E-state index in [1.54, 1.807) is 12.1 Å². The number of hydrogen-bond acceptors (Lipinski definition) is 4. The second-order valence-electron chi connectivity index (χ2n) is 4.62. The molecule has 1 N–H and O–H groups in total. The summed E-state index contributed by atoms with van der Waals surface area (Å²) < 4.78 is 0. The average Bonchev–Trinajstić information content (AvgIpc) is 2.39. The number of non-ortho nitro benzene ring substituents is 1. The van der Waals surface area contributed by atoms with Crippen LogP contribution in [0.5, 0.6) is 0 Å². The highest BCUT2D eigenvalue weighted by molar-refractivity contribution is 5.59. The van der Waals surface area contributed by atoms with Crippen molar-refractivity contribution in [3.05, 3.63) is 33.9 Å². The molecule has 1 aromatic rings. The Morgan fingerprint density at radius 3 is 2.47 bits per heavy atom. The van der Waals surface area contributed by atoms with Crippen molar-refractivity contribution in [1.82, 2.24) is 0 Å². The van der Waals surface area contributed by atoms with E-state index >= 15 is 0 Å². The summed E-state index contributed by atoms with van der Waals surface area (Å²) in [6, 6.07) is 5.17. The predicted molar refractivity (Wildman–Crippen MR) is 76.6 cm³/mol. The molecule has 5 heteroatoms. The van der Waals surface area contributed by atoms with Gasteiger partial charge in [-0.3, -0.25) is 10.1 Å². The van der Waals surface area contributed by atoms with Crippen LogP contribution in [0.2, 0.25) is 0 Å². The van der Waals surface area contributed by atoms with Gasteiger partial charge in [-0.2, -0.15) is 0 Å². The number of aryl methyl sites for hydroxylation is 1. The molecule has 0 fully saturated rings. The number of nitro benzene ring substituents is 1. The predicted octanol–water partition coefficient (Wildman–Crippen LogP) is 2.89. The summed E-state index contributed by atoms with van der Waals surface area (Å²) in [5, 5.41) is 20.1. The minimum atomic E-state index is -0.382. The van der Waals surface area contributed by atoms with Crippen molar-refractivity contribution in [2.24, 2.45) is 0 Å². The number of hydrogen-bond donors (Lipinski definition) is 1. The van der Waals surface area contributed by atoms with Crippen LogP contribution in [-0.2, 0) is 0 Å². The van der Waals surface area contributed by atoms with Gasteiger partial charge in [0.1, 0.15) is 0 Å². The maximum atomic E-state index is 10.9. The first-order chi connectivity index (χ1) is 9.04. The van der Waals surface area contributed by atoms with Crippen LogP contribution in [-0.4, -0.2) is 29.2 Å². The summed E-state index contributed by atoms with van der Waals surface area (Å²) >= 11 is 0. The highest BCUT2D eigenvalue weighted by Crippen LogP contribution is 2.28. The maximum absolute atomic E-state index is 10.9. The lowest BCUT2D eigenvalue weighted by atomic mass is 10.1. The summed E-state index contributed by atoms with van der Waals surface area (Å²) in [7, 11) is 0. The van der Waals surface area contributed by atoms with Crippen LogP contribution in [0.25, 0.3) is 0 Å². The standard InChI is InChI=1S/C14H22N2O3/c1-4-12(5-2)15(8-9-17)14-10-13(16(18)19)7-6-11(14)3/h6-7,10,12,17H,4-5,8-9H2,1-3H3. The molecule has 0 radical (unpaired) electrons. The van der Waals surface area contributed by atoms with Crippen molar-refractivity contribution in [1.29, 1.82) is 0 Å². The molecule has 0 unspecified atom stereocenters. The summed E-state index contributed by atoms with van der Waals surface area (Å²) in [5.74, 6) is 0. The molecule has 0 amide bonds. The third-order valence-corrected chi connectivity index (χ3v) is 3.44. The fourth-order valence-corrected chi connectivity index (χ4v) is 2.36. The number of benzene rings is 1. The molecule has 0 saturated carbocycles. The molecular weight excluding hydrogens is 244 g/mol. The van der Waals surface area contributed by atoms with Crippen molar-refractivity contribution in [3.8, 4) is 0 Å². The van der Waals surface area contributed by atoms with Gasteiger partial charge >= 0.3 is 0 Å². The minimum Gasteiger partial charge on any atom is -0.395 e. The first kappa shape index (κ1) is 15.4. The molecular formula is C14H22N2O3. The highest BCUT2D eigenvalue weighted by Gasteiger charge is 2.19. The number of nitrogens with zero attached hydrogens (tertiary/aromatic N) is 2. The Kier molecular flexibility index (Phi) is 5.76. The monoisotopic (exact) mass is 266 g/mol. The third-order valence-electron chi connectivity index (χ3n) is 3.44. The first-order valence-corrected chi connectivity index (χ1v) is 6.67. The molecule has 5 nitrogen and oxygen atoms in total. The van der Waals surface area contributed by atoms with Crippen molar-refractivity contribution < 1.29 is 10.0 Å². The fourth-order valence-electron chi connectivity index (χ4n) is 2.36. The quantitative estimate of drug-likeness (QED) is 0.608. The summed E-state index contributed by atoms with van der Waals surface area (Å²) in [4.78, 5) is 12.6. The Morgan fingerprint density at radius 1 is 1.37 bits per heavy atom. The van der Waals surface area contributed by atoms with Crippen LogP contribution in [0.1, 0.15) is 32.3 Å². The van der Waals surface area contributed by atoms with Crippen LogP contribution >= 0.6 is 0 Å². The van der Waals surface area contributed by atoms with E-state index in [1.165, 1.54) is 6.07 Å². The van der Waals surface area contributed by atoms with Gasteiger partial charge in [0, 0.05) is 30.4 Å². The van der Waals surface area contributed by atoms with Gasteiger partial charge in [-0.15, -0.1) is 0 Å². The third kappa shape index (κ3) is 3.67. The zero-order chi connectivity index (χ0) is 14.4. The molecule has 0 bridgehead atoms. The van der Waals surface area contributed by atoms with Crippen molar-refractivity contribution >= 4 is 11.4 Å². The number of anilines is 1. The zero-order valence-electron chi connectivity index (χ0n) is 11.8. The van der Waals surface area contributed by atoms with Crippen LogP contribution in [0, 0.1) is 17.0 Å². The molecule has 0 aliphatic rings. The second-order valence-corrected chi connectivity index (χ2v) is 4.62. The van der Waals surface area contributed by atoms with Crippen molar-refractivity contribution in [3.63, 3.8) is 0 Å². The number of nitro groups is 1. The molecule has 0 saturated heterocycles. The Morgan fingerprint density at radius 2 is 2.00 bits per heavy atom. The molecule has 1 rings (SSSR count). The van der Waals surface area contributed by atoms with Crippen LogP contribution < -0.4 is 4.90 Å². The number of rotatable bonds is 7. The zero-order valence-corrected chi connectivity index (χ0v) is 11.8. The van der Waals surface area contributed by atoms with Gasteiger partial charge in [0.25, 0.3) is 5.69 Å². The van der Waals surface area contributed by atoms with E-state index in [2.05, 4.69) is 18.7 Å². The van der Waals surface area contributed by atoms with E-state index in [0.29, 0.717) is 6.54 Å². The molecule has 0 aromatic heterocycles. The number of aliphatic hydroxyl groups excluding tert-OH is 1. The topological polar surface area (TPSA) is 66.6 Å². The van der Waals surface area contributed by atoms with E-state index in [1.807, 2.05) is 6.92 Å². The van der Waals surface area contributed by atoms with E-state index in [0.717, 1.165) is 24.1 Å². The van der Waals surface area contributed by atoms with Crippen molar-refractivity contribution in [2.75, 3.05) is 18.1 Å². The van der Waals surface area contributed by atoms with Gasteiger partial charge < -0.3 is 10.0 Å². The second kappa shape index (κ2) is 7.09. The largest absolute Gasteiger partial charge is 0.395 e. The average molecular weight is 266 g/mol. The molecule has 0 heterocycles. The molecule has 0 atom stereocenters. The Bertz CT molecular complexity index is 431. The van der Waals surface area contributed by atoms with Crippen molar-refractivity contribution in [2.45, 2.75) is 39.7 Å². The van der Waals surface area contributed by atoms with E-state index in [-0.39, 0.29) is 23.3 Å². The smallest absolute Gasteiger partial charge is 0.271 e. The normalized spacial score (nSPS) is 10.8. The molecule has 19 heavy (non-hydrogen) atoms. The van der Waals surface area contributed by atoms with Crippen LogP contribution in [0.15, 0.2) is 18.2 Å². The molecule has 0 spiro atoms.